The fraction of sp³-hybridized carbons (Fsp3) is 0.857. The molecule has 0 aromatic carbocycles. The average Bonchev–Trinajstić information content (AvgIpc) is 3.05. The molecule has 0 aliphatic carbocycles. The number of allylic oxidation sites excluding steroid dienone is 4. The standard InChI is InChI=1S/C28H52N/c1-5-9-13-17-21-25-26(22-18-14-10-6-2)28(24-20-16-12-8-4)29-27(25)23-19-15-11-7-3/h5-24H2,1-4H3. The van der Waals surface area contributed by atoms with Crippen LogP contribution in [0.2, 0.25) is 0 Å². The summed E-state index contributed by atoms with van der Waals surface area (Å²) in [5, 5.41) is 5.30. The molecule has 0 atom stereocenters. The third-order valence-corrected chi connectivity index (χ3v) is 6.43. The first-order valence-electron chi connectivity index (χ1n) is 13.4. The van der Waals surface area contributed by atoms with Crippen molar-refractivity contribution in [1.29, 1.82) is 0 Å². The van der Waals surface area contributed by atoms with Gasteiger partial charge in [-0.15, -0.1) is 0 Å². The maximum absolute atomic E-state index is 5.30. The molecule has 0 N–H and O–H groups in total. The first kappa shape index (κ1) is 26.3. The molecule has 1 aliphatic rings. The van der Waals surface area contributed by atoms with Gasteiger partial charge in [-0.05, 0) is 62.5 Å². The minimum atomic E-state index is 1.22. The lowest BCUT2D eigenvalue weighted by molar-refractivity contribution is 0.626. The Labute approximate surface area is 184 Å². The van der Waals surface area contributed by atoms with Gasteiger partial charge >= 0.3 is 0 Å². The lowest BCUT2D eigenvalue weighted by Crippen LogP contribution is -2.01. The zero-order valence-electron chi connectivity index (χ0n) is 20.6. The van der Waals surface area contributed by atoms with Crippen LogP contribution in [0.15, 0.2) is 22.5 Å². The van der Waals surface area contributed by atoms with Gasteiger partial charge in [0.25, 0.3) is 0 Å². The lowest BCUT2D eigenvalue weighted by Gasteiger charge is -2.12. The van der Waals surface area contributed by atoms with Crippen LogP contribution in [-0.2, 0) is 0 Å². The van der Waals surface area contributed by atoms with Crippen LogP contribution in [0.5, 0.6) is 0 Å². The quantitative estimate of drug-likeness (QED) is 0.180. The van der Waals surface area contributed by atoms with Crippen LogP contribution < -0.4 is 5.32 Å². The number of rotatable bonds is 20. The van der Waals surface area contributed by atoms with Gasteiger partial charge in [0.1, 0.15) is 0 Å². The van der Waals surface area contributed by atoms with E-state index in [2.05, 4.69) is 27.7 Å². The fourth-order valence-corrected chi connectivity index (χ4v) is 4.55. The van der Waals surface area contributed by atoms with Crippen molar-refractivity contribution in [1.82, 2.24) is 5.32 Å². The van der Waals surface area contributed by atoms with Crippen LogP contribution >= 0.6 is 0 Å². The normalized spacial score (nSPS) is 14.2. The van der Waals surface area contributed by atoms with Crippen LogP contribution in [0.1, 0.15) is 156 Å². The first-order valence-corrected chi connectivity index (χ1v) is 13.4. The summed E-state index contributed by atoms with van der Waals surface area (Å²) in [6, 6.07) is 0. The van der Waals surface area contributed by atoms with Crippen molar-refractivity contribution < 1.29 is 0 Å². The molecule has 1 nitrogen and oxygen atoms in total. The van der Waals surface area contributed by atoms with Crippen molar-refractivity contribution >= 4 is 0 Å². The Hall–Kier alpha value is -0.720. The van der Waals surface area contributed by atoms with Gasteiger partial charge < -0.3 is 0 Å². The molecule has 29 heavy (non-hydrogen) atoms. The third kappa shape index (κ3) is 11.3. The average molecular weight is 403 g/mol. The van der Waals surface area contributed by atoms with Gasteiger partial charge in [-0.2, -0.15) is 0 Å². The number of hydrogen-bond donors (Lipinski definition) is 0. The van der Waals surface area contributed by atoms with Crippen molar-refractivity contribution in [3.05, 3.63) is 22.5 Å². The van der Waals surface area contributed by atoms with Crippen molar-refractivity contribution in [2.75, 3.05) is 0 Å². The Bertz CT molecular complexity index is 415. The van der Waals surface area contributed by atoms with Gasteiger partial charge in [0.15, 0.2) is 0 Å². The molecule has 0 bridgehead atoms. The molecular weight excluding hydrogens is 350 g/mol. The molecule has 1 heteroatoms. The zero-order valence-corrected chi connectivity index (χ0v) is 20.6. The number of hydrogen-bond acceptors (Lipinski definition) is 0. The van der Waals surface area contributed by atoms with E-state index in [4.69, 9.17) is 5.32 Å². The molecule has 0 aromatic rings. The van der Waals surface area contributed by atoms with Gasteiger partial charge in [-0.3, -0.25) is 5.32 Å². The van der Waals surface area contributed by atoms with Crippen molar-refractivity contribution in [3.8, 4) is 0 Å². The first-order chi connectivity index (χ1) is 14.3. The molecule has 1 aliphatic heterocycles. The summed E-state index contributed by atoms with van der Waals surface area (Å²) in [5.41, 5.74) is 6.38. The van der Waals surface area contributed by atoms with Gasteiger partial charge in [-0.1, -0.05) is 105 Å². The van der Waals surface area contributed by atoms with E-state index < -0.39 is 0 Å². The Morgan fingerprint density at radius 3 is 1.00 bits per heavy atom. The Morgan fingerprint density at radius 2 is 0.690 bits per heavy atom. The highest BCUT2D eigenvalue weighted by atomic mass is 14.9. The maximum atomic E-state index is 5.30. The topological polar surface area (TPSA) is 14.1 Å². The van der Waals surface area contributed by atoms with E-state index in [0.29, 0.717) is 0 Å². The molecule has 1 radical (unpaired) electrons. The highest BCUT2D eigenvalue weighted by molar-refractivity contribution is 5.45. The van der Waals surface area contributed by atoms with Crippen LogP contribution in [0.25, 0.3) is 0 Å². The summed E-state index contributed by atoms with van der Waals surface area (Å²) in [7, 11) is 0. The number of unbranched alkanes of at least 4 members (excludes halogenated alkanes) is 12. The molecule has 0 saturated carbocycles. The van der Waals surface area contributed by atoms with Gasteiger partial charge in [0.05, 0.1) is 0 Å². The van der Waals surface area contributed by atoms with E-state index in [1.165, 1.54) is 140 Å². The second-order valence-electron chi connectivity index (χ2n) is 9.20. The van der Waals surface area contributed by atoms with Crippen LogP contribution in [0, 0.1) is 0 Å². The van der Waals surface area contributed by atoms with E-state index >= 15 is 0 Å². The summed E-state index contributed by atoms with van der Waals surface area (Å²) in [4.78, 5) is 0. The fourth-order valence-electron chi connectivity index (χ4n) is 4.55. The zero-order chi connectivity index (χ0) is 21.2. The maximum Gasteiger partial charge on any atom is 0.0442 e. The van der Waals surface area contributed by atoms with E-state index in [-0.39, 0.29) is 0 Å². The minimum Gasteiger partial charge on any atom is -0.257 e. The van der Waals surface area contributed by atoms with E-state index in [1.807, 2.05) is 0 Å². The summed E-state index contributed by atoms with van der Waals surface area (Å²) in [5.74, 6) is 0. The third-order valence-electron chi connectivity index (χ3n) is 6.43. The summed E-state index contributed by atoms with van der Waals surface area (Å²) in [6.07, 6.45) is 26.7. The monoisotopic (exact) mass is 402 g/mol. The largest absolute Gasteiger partial charge is 0.257 e. The summed E-state index contributed by atoms with van der Waals surface area (Å²) >= 11 is 0. The highest BCUT2D eigenvalue weighted by Gasteiger charge is 2.24. The Kier molecular flexibility index (Phi) is 16.4. The summed E-state index contributed by atoms with van der Waals surface area (Å²) in [6.45, 7) is 9.25. The molecule has 169 valence electrons. The second kappa shape index (κ2) is 18.1. The Balaban J connectivity index is 2.81. The highest BCUT2D eigenvalue weighted by Crippen LogP contribution is 2.37. The Morgan fingerprint density at radius 1 is 0.379 bits per heavy atom. The predicted octanol–water partition coefficient (Wildman–Crippen LogP) is 9.99. The molecule has 0 spiro atoms. The molecular formula is C28H52N. The molecule has 0 saturated heterocycles. The molecule has 0 fully saturated rings. The lowest BCUT2D eigenvalue weighted by atomic mass is 9.92. The van der Waals surface area contributed by atoms with Crippen molar-refractivity contribution in [2.24, 2.45) is 0 Å². The van der Waals surface area contributed by atoms with Crippen LogP contribution in [0.3, 0.4) is 0 Å². The summed E-state index contributed by atoms with van der Waals surface area (Å²) < 4.78 is 0. The van der Waals surface area contributed by atoms with Gasteiger partial charge in [0.2, 0.25) is 0 Å². The smallest absolute Gasteiger partial charge is 0.0442 e. The molecule has 0 amide bonds. The van der Waals surface area contributed by atoms with Gasteiger partial charge in [0, 0.05) is 11.4 Å². The molecule has 0 aromatic heterocycles. The van der Waals surface area contributed by atoms with E-state index in [1.54, 1.807) is 11.1 Å². The minimum absolute atomic E-state index is 1.22. The predicted molar refractivity (Wildman–Crippen MR) is 131 cm³/mol. The number of nitrogens with zero attached hydrogens (tertiary/aromatic N) is 1. The van der Waals surface area contributed by atoms with E-state index in [0.717, 1.165) is 0 Å². The van der Waals surface area contributed by atoms with Crippen LogP contribution in [-0.4, -0.2) is 0 Å². The second-order valence-corrected chi connectivity index (χ2v) is 9.20. The van der Waals surface area contributed by atoms with Crippen LogP contribution in [0.4, 0.5) is 0 Å². The van der Waals surface area contributed by atoms with Crippen molar-refractivity contribution in [2.45, 2.75) is 156 Å². The molecule has 1 rings (SSSR count). The van der Waals surface area contributed by atoms with Gasteiger partial charge in [-0.25, -0.2) is 0 Å². The molecule has 0 unspecified atom stereocenters. The van der Waals surface area contributed by atoms with Crippen molar-refractivity contribution in [3.63, 3.8) is 0 Å². The molecule has 1 heterocycles. The van der Waals surface area contributed by atoms with E-state index in [9.17, 15) is 0 Å². The SMILES string of the molecule is CCCCCCC1=C(CCCCCC)C(CCCCCC)=C(CCCCCC)[N]1.